The van der Waals surface area contributed by atoms with E-state index in [4.69, 9.17) is 9.47 Å². The van der Waals surface area contributed by atoms with E-state index >= 15 is 0 Å². The lowest BCUT2D eigenvalue weighted by Crippen LogP contribution is -2.00. The molecule has 0 aliphatic rings. The van der Waals surface area contributed by atoms with Gasteiger partial charge in [0, 0.05) is 7.05 Å². The zero-order chi connectivity index (χ0) is 13.8. The van der Waals surface area contributed by atoms with Crippen LogP contribution in [0.3, 0.4) is 0 Å². The van der Waals surface area contributed by atoms with Gasteiger partial charge in [-0.1, -0.05) is 0 Å². The minimum atomic E-state index is -0.637. The van der Waals surface area contributed by atoms with E-state index in [0.717, 1.165) is 6.20 Å². The second-order valence-corrected chi connectivity index (χ2v) is 4.35. The summed E-state index contributed by atoms with van der Waals surface area (Å²) in [4.78, 5) is 7.64. The number of halogens is 2. The van der Waals surface area contributed by atoms with Crippen LogP contribution in [-0.2, 0) is 0 Å². The Morgan fingerprint density at radius 3 is 2.79 bits per heavy atom. The van der Waals surface area contributed by atoms with E-state index in [1.807, 2.05) is 0 Å². The normalized spacial score (nSPS) is 10.1. The number of hydrogen-bond donors (Lipinski definition) is 1. The lowest BCUT2D eigenvalue weighted by atomic mass is 10.3. The summed E-state index contributed by atoms with van der Waals surface area (Å²) in [5.41, 5.74) is 0. The molecule has 0 aliphatic heterocycles. The number of anilines is 1. The van der Waals surface area contributed by atoms with Gasteiger partial charge in [0.1, 0.15) is 11.5 Å². The summed E-state index contributed by atoms with van der Waals surface area (Å²) >= 11 is 3.32. The molecule has 0 atom stereocenters. The van der Waals surface area contributed by atoms with Gasteiger partial charge < -0.3 is 14.8 Å². The predicted molar refractivity (Wildman–Crippen MR) is 72.3 cm³/mol. The first-order valence-corrected chi connectivity index (χ1v) is 6.15. The SMILES string of the molecule is CNc1ncc(F)c(Oc2ccc(OC)cc2Br)n1. The second-order valence-electron chi connectivity index (χ2n) is 3.50. The Kier molecular flexibility index (Phi) is 4.16. The van der Waals surface area contributed by atoms with Crippen molar-refractivity contribution in [3.05, 3.63) is 34.7 Å². The molecule has 0 unspecified atom stereocenters. The summed E-state index contributed by atoms with van der Waals surface area (Å²) in [5, 5.41) is 2.71. The van der Waals surface area contributed by atoms with Crippen LogP contribution in [0.5, 0.6) is 17.4 Å². The zero-order valence-corrected chi connectivity index (χ0v) is 11.9. The van der Waals surface area contributed by atoms with Gasteiger partial charge in [-0.3, -0.25) is 0 Å². The molecule has 0 fully saturated rings. The standard InChI is InChI=1S/C12H11BrFN3O2/c1-15-12-16-6-9(14)11(17-12)19-10-4-3-7(18-2)5-8(10)13/h3-6H,1-2H3,(H,15,16,17). The van der Waals surface area contributed by atoms with E-state index in [1.165, 1.54) is 0 Å². The van der Waals surface area contributed by atoms with Crippen molar-refractivity contribution in [1.29, 1.82) is 0 Å². The van der Waals surface area contributed by atoms with Gasteiger partial charge in [-0.05, 0) is 34.1 Å². The van der Waals surface area contributed by atoms with Crippen LogP contribution in [0.4, 0.5) is 10.3 Å². The summed E-state index contributed by atoms with van der Waals surface area (Å²) in [5.74, 6) is 0.590. The fourth-order valence-corrected chi connectivity index (χ4v) is 1.78. The summed E-state index contributed by atoms with van der Waals surface area (Å²) < 4.78 is 24.7. The van der Waals surface area contributed by atoms with Gasteiger partial charge in [-0.2, -0.15) is 9.37 Å². The Hall–Kier alpha value is -1.89. The Morgan fingerprint density at radius 2 is 2.16 bits per heavy atom. The van der Waals surface area contributed by atoms with Crippen molar-refractivity contribution >= 4 is 21.9 Å². The highest BCUT2D eigenvalue weighted by Gasteiger charge is 2.11. The minimum Gasteiger partial charge on any atom is -0.497 e. The Balaban J connectivity index is 2.30. The van der Waals surface area contributed by atoms with Crippen molar-refractivity contribution in [3.8, 4) is 17.4 Å². The maximum atomic E-state index is 13.6. The quantitative estimate of drug-likeness (QED) is 0.934. The van der Waals surface area contributed by atoms with Gasteiger partial charge >= 0.3 is 0 Å². The molecular weight excluding hydrogens is 317 g/mol. The highest BCUT2D eigenvalue weighted by atomic mass is 79.9. The molecule has 0 aliphatic carbocycles. The lowest BCUT2D eigenvalue weighted by molar-refractivity contribution is 0.405. The number of ether oxygens (including phenoxy) is 2. The Bertz CT molecular complexity index is 595. The number of hydrogen-bond acceptors (Lipinski definition) is 5. The molecule has 1 aromatic heterocycles. The van der Waals surface area contributed by atoms with Crippen LogP contribution in [0.15, 0.2) is 28.9 Å². The van der Waals surface area contributed by atoms with Gasteiger partial charge in [0.15, 0.2) is 0 Å². The van der Waals surface area contributed by atoms with Crippen LogP contribution in [0.2, 0.25) is 0 Å². The molecule has 19 heavy (non-hydrogen) atoms. The van der Waals surface area contributed by atoms with Crippen molar-refractivity contribution in [3.63, 3.8) is 0 Å². The molecule has 0 amide bonds. The first-order valence-electron chi connectivity index (χ1n) is 5.35. The summed E-state index contributed by atoms with van der Waals surface area (Å²) in [6, 6.07) is 5.08. The monoisotopic (exact) mass is 327 g/mol. The van der Waals surface area contributed by atoms with Gasteiger partial charge in [0.25, 0.3) is 5.88 Å². The third-order valence-electron chi connectivity index (χ3n) is 2.28. The smallest absolute Gasteiger partial charge is 0.260 e. The Morgan fingerprint density at radius 1 is 1.37 bits per heavy atom. The zero-order valence-electron chi connectivity index (χ0n) is 10.3. The van der Waals surface area contributed by atoms with Gasteiger partial charge in [0.05, 0.1) is 17.8 Å². The number of nitrogens with zero attached hydrogens (tertiary/aromatic N) is 2. The van der Waals surface area contributed by atoms with Crippen molar-refractivity contribution in [1.82, 2.24) is 9.97 Å². The first kappa shape index (κ1) is 13.5. The molecule has 2 aromatic rings. The molecule has 0 saturated carbocycles. The van der Waals surface area contributed by atoms with Crippen LogP contribution in [0.1, 0.15) is 0 Å². The number of benzene rings is 1. The van der Waals surface area contributed by atoms with Crippen LogP contribution in [0.25, 0.3) is 0 Å². The van der Waals surface area contributed by atoms with Crippen LogP contribution >= 0.6 is 15.9 Å². The van der Waals surface area contributed by atoms with Crippen molar-refractivity contribution < 1.29 is 13.9 Å². The highest BCUT2D eigenvalue weighted by Crippen LogP contribution is 2.32. The van der Waals surface area contributed by atoms with Crippen molar-refractivity contribution in [2.45, 2.75) is 0 Å². The molecule has 100 valence electrons. The molecular formula is C12H11BrFN3O2. The van der Waals surface area contributed by atoms with Gasteiger partial charge in [-0.15, -0.1) is 0 Å². The number of methoxy groups -OCH3 is 1. The van der Waals surface area contributed by atoms with E-state index in [1.54, 1.807) is 32.4 Å². The van der Waals surface area contributed by atoms with E-state index in [9.17, 15) is 4.39 Å². The molecule has 1 heterocycles. The van der Waals surface area contributed by atoms with E-state index in [0.29, 0.717) is 16.0 Å². The first-order chi connectivity index (χ1) is 9.13. The molecule has 0 spiro atoms. The minimum absolute atomic E-state index is 0.148. The number of rotatable bonds is 4. The third-order valence-corrected chi connectivity index (χ3v) is 2.90. The van der Waals surface area contributed by atoms with Crippen LogP contribution < -0.4 is 14.8 Å². The third kappa shape index (κ3) is 3.11. The van der Waals surface area contributed by atoms with E-state index in [-0.39, 0.29) is 11.8 Å². The van der Waals surface area contributed by atoms with Gasteiger partial charge in [0.2, 0.25) is 11.8 Å². The molecule has 5 nitrogen and oxygen atoms in total. The van der Waals surface area contributed by atoms with Gasteiger partial charge in [-0.25, -0.2) is 4.98 Å². The highest BCUT2D eigenvalue weighted by molar-refractivity contribution is 9.10. The maximum Gasteiger partial charge on any atom is 0.260 e. The summed E-state index contributed by atoms with van der Waals surface area (Å²) in [6.45, 7) is 0. The molecule has 1 N–H and O–H groups in total. The topological polar surface area (TPSA) is 56.3 Å². The Labute approximate surface area is 117 Å². The van der Waals surface area contributed by atoms with E-state index in [2.05, 4.69) is 31.2 Å². The fraction of sp³-hybridized carbons (Fsp3) is 0.167. The summed E-state index contributed by atoms with van der Waals surface area (Å²) in [7, 11) is 3.20. The number of nitrogens with one attached hydrogen (secondary N) is 1. The predicted octanol–water partition coefficient (Wildman–Crippen LogP) is 3.22. The molecule has 0 radical (unpaired) electrons. The fourth-order valence-electron chi connectivity index (χ4n) is 1.34. The number of aromatic nitrogens is 2. The molecule has 7 heteroatoms. The van der Waals surface area contributed by atoms with Crippen molar-refractivity contribution in [2.75, 3.05) is 19.5 Å². The summed E-state index contributed by atoms with van der Waals surface area (Å²) in [6.07, 6.45) is 1.05. The van der Waals surface area contributed by atoms with Crippen molar-refractivity contribution in [2.24, 2.45) is 0 Å². The largest absolute Gasteiger partial charge is 0.497 e. The average molecular weight is 328 g/mol. The van der Waals surface area contributed by atoms with E-state index < -0.39 is 5.82 Å². The van der Waals surface area contributed by atoms with Crippen LogP contribution in [0, 0.1) is 5.82 Å². The molecule has 2 rings (SSSR count). The molecule has 0 saturated heterocycles. The maximum absolute atomic E-state index is 13.6. The molecule has 1 aromatic carbocycles. The molecule has 0 bridgehead atoms. The van der Waals surface area contributed by atoms with Crippen LogP contribution in [-0.4, -0.2) is 24.1 Å². The lowest BCUT2D eigenvalue weighted by Gasteiger charge is -2.09. The second kappa shape index (κ2) is 5.83. The average Bonchev–Trinajstić information content (AvgIpc) is 2.43.